The Kier molecular flexibility index (Phi) is 6.48. The van der Waals surface area contributed by atoms with E-state index in [9.17, 15) is 4.79 Å². The van der Waals surface area contributed by atoms with Gasteiger partial charge < -0.3 is 4.74 Å². The summed E-state index contributed by atoms with van der Waals surface area (Å²) < 4.78 is 5.36. The summed E-state index contributed by atoms with van der Waals surface area (Å²) in [7, 11) is 0. The second-order valence-electron chi connectivity index (χ2n) is 6.29. The molecule has 1 aliphatic rings. The fourth-order valence-electron chi connectivity index (χ4n) is 2.31. The molecule has 24 heavy (non-hydrogen) atoms. The Labute approximate surface area is 160 Å². The first kappa shape index (κ1) is 19.4. The predicted molar refractivity (Wildman–Crippen MR) is 105 cm³/mol. The molecule has 1 aromatic carbocycles. The second kappa shape index (κ2) is 8.00. The van der Waals surface area contributed by atoms with Gasteiger partial charge in [-0.1, -0.05) is 52.1 Å². The van der Waals surface area contributed by atoms with Crippen molar-refractivity contribution in [3.05, 3.63) is 29.8 Å². The smallest absolute Gasteiger partial charge is 0.248 e. The Balaban J connectivity index is 1.99. The zero-order valence-electron chi connectivity index (χ0n) is 14.4. The standard InChI is InChI=1S/C18H24Br2N2O2/c1-4-6-11-24-14-9-7-13(8-10-14)15(5-2)21-22-16(23)17(3)12-18(17,19)20/h7-10H,4-6,11-12H2,1-3H3,(H,22,23)/b21-15+. The quantitative estimate of drug-likeness (QED) is 0.257. The minimum atomic E-state index is -0.466. The van der Waals surface area contributed by atoms with Crippen LogP contribution in [0.1, 0.15) is 52.0 Å². The largest absolute Gasteiger partial charge is 0.494 e. The average molecular weight is 460 g/mol. The van der Waals surface area contributed by atoms with Gasteiger partial charge in [0.1, 0.15) is 5.75 Å². The molecule has 6 heteroatoms. The number of rotatable bonds is 8. The Bertz CT molecular complexity index is 614. The Morgan fingerprint density at radius 3 is 2.42 bits per heavy atom. The second-order valence-corrected chi connectivity index (χ2v) is 10.1. The number of hydrogen-bond acceptors (Lipinski definition) is 3. The normalized spacial score (nSPS) is 22.1. The Morgan fingerprint density at radius 1 is 1.29 bits per heavy atom. The molecule has 1 amide bonds. The number of carbonyl (C=O) groups is 1. The van der Waals surface area contributed by atoms with Gasteiger partial charge in [0.15, 0.2) is 0 Å². The lowest BCUT2D eigenvalue weighted by Crippen LogP contribution is -2.30. The van der Waals surface area contributed by atoms with E-state index in [1.165, 1.54) is 0 Å². The molecule has 1 saturated carbocycles. The Hall–Kier alpha value is -0.880. The Morgan fingerprint density at radius 2 is 1.92 bits per heavy atom. The fraction of sp³-hybridized carbons (Fsp3) is 0.556. The van der Waals surface area contributed by atoms with Gasteiger partial charge in [0.05, 0.1) is 21.0 Å². The van der Waals surface area contributed by atoms with Crippen molar-refractivity contribution in [1.82, 2.24) is 5.43 Å². The highest BCUT2D eigenvalue weighted by atomic mass is 79.9. The highest BCUT2D eigenvalue weighted by Gasteiger charge is 2.66. The van der Waals surface area contributed by atoms with Crippen LogP contribution < -0.4 is 10.2 Å². The highest BCUT2D eigenvalue weighted by molar-refractivity contribution is 9.25. The van der Waals surface area contributed by atoms with Crippen LogP contribution in [0.5, 0.6) is 5.75 Å². The molecule has 0 bridgehead atoms. The van der Waals surface area contributed by atoms with Crippen molar-refractivity contribution in [2.75, 3.05) is 6.61 Å². The van der Waals surface area contributed by atoms with Crippen molar-refractivity contribution in [3.63, 3.8) is 0 Å². The summed E-state index contributed by atoms with van der Waals surface area (Å²) in [5.74, 6) is 0.780. The summed E-state index contributed by atoms with van der Waals surface area (Å²) >= 11 is 7.01. The van der Waals surface area contributed by atoms with Gasteiger partial charge in [-0.3, -0.25) is 4.79 Å². The lowest BCUT2D eigenvalue weighted by atomic mass is 10.1. The molecule has 4 nitrogen and oxygen atoms in total. The van der Waals surface area contributed by atoms with Gasteiger partial charge in [0.2, 0.25) is 5.91 Å². The molecule has 2 rings (SSSR count). The van der Waals surface area contributed by atoms with Crippen LogP contribution in [0, 0.1) is 5.41 Å². The number of amides is 1. The van der Waals surface area contributed by atoms with E-state index in [4.69, 9.17) is 4.74 Å². The van der Waals surface area contributed by atoms with Gasteiger partial charge in [0.25, 0.3) is 0 Å². The maximum absolute atomic E-state index is 12.3. The van der Waals surface area contributed by atoms with E-state index in [2.05, 4.69) is 49.3 Å². The third-order valence-corrected chi connectivity index (χ3v) is 6.65. The van der Waals surface area contributed by atoms with E-state index >= 15 is 0 Å². The third-order valence-electron chi connectivity index (χ3n) is 4.34. The molecule has 1 atom stereocenters. The maximum Gasteiger partial charge on any atom is 0.248 e. The van der Waals surface area contributed by atoms with E-state index in [0.29, 0.717) is 0 Å². The summed E-state index contributed by atoms with van der Waals surface area (Å²) in [4.78, 5) is 12.3. The molecular weight excluding hydrogens is 436 g/mol. The van der Waals surface area contributed by atoms with E-state index in [-0.39, 0.29) is 9.14 Å². The molecule has 1 aromatic rings. The SMILES string of the molecule is CCCCOc1ccc(/C(CC)=N/NC(=O)C2(C)CC2(Br)Br)cc1. The summed E-state index contributed by atoms with van der Waals surface area (Å²) in [5.41, 5.74) is 4.08. The molecular formula is C18H24Br2N2O2. The van der Waals surface area contributed by atoms with Crippen LogP contribution in [0.2, 0.25) is 0 Å². The van der Waals surface area contributed by atoms with Crippen LogP contribution in [0.25, 0.3) is 0 Å². The number of benzene rings is 1. The van der Waals surface area contributed by atoms with Crippen molar-refractivity contribution in [3.8, 4) is 5.75 Å². The highest BCUT2D eigenvalue weighted by Crippen LogP contribution is 2.66. The van der Waals surface area contributed by atoms with Crippen LogP contribution in [0.4, 0.5) is 0 Å². The molecule has 1 aliphatic carbocycles. The van der Waals surface area contributed by atoms with Gasteiger partial charge in [-0.2, -0.15) is 5.10 Å². The number of nitrogens with zero attached hydrogens (tertiary/aromatic N) is 1. The minimum Gasteiger partial charge on any atom is -0.494 e. The number of halogens is 2. The zero-order valence-corrected chi connectivity index (χ0v) is 17.5. The summed E-state index contributed by atoms with van der Waals surface area (Å²) in [6, 6.07) is 7.85. The molecule has 132 valence electrons. The molecule has 0 aromatic heterocycles. The van der Waals surface area contributed by atoms with E-state index in [0.717, 1.165) is 49.3 Å². The monoisotopic (exact) mass is 458 g/mol. The molecule has 0 heterocycles. The number of nitrogens with one attached hydrogen (secondary N) is 1. The van der Waals surface area contributed by atoms with Gasteiger partial charge in [-0.05, 0) is 56.0 Å². The van der Waals surface area contributed by atoms with Crippen LogP contribution in [-0.4, -0.2) is 21.5 Å². The van der Waals surface area contributed by atoms with Crippen molar-refractivity contribution >= 4 is 43.5 Å². The predicted octanol–water partition coefficient (Wildman–Crippen LogP) is 4.99. The molecule has 1 unspecified atom stereocenters. The fourth-order valence-corrected chi connectivity index (χ4v) is 3.80. The lowest BCUT2D eigenvalue weighted by molar-refractivity contribution is -0.125. The van der Waals surface area contributed by atoms with Crippen molar-refractivity contribution in [2.24, 2.45) is 10.5 Å². The van der Waals surface area contributed by atoms with Crippen LogP contribution in [0.3, 0.4) is 0 Å². The van der Waals surface area contributed by atoms with Crippen LogP contribution in [-0.2, 0) is 4.79 Å². The van der Waals surface area contributed by atoms with Gasteiger partial charge >= 0.3 is 0 Å². The van der Waals surface area contributed by atoms with Crippen molar-refractivity contribution < 1.29 is 9.53 Å². The van der Waals surface area contributed by atoms with E-state index < -0.39 is 5.41 Å². The van der Waals surface area contributed by atoms with Crippen LogP contribution >= 0.6 is 31.9 Å². The molecule has 0 aliphatic heterocycles. The first-order valence-corrected chi connectivity index (χ1v) is 9.90. The van der Waals surface area contributed by atoms with Gasteiger partial charge in [-0.25, -0.2) is 5.43 Å². The van der Waals surface area contributed by atoms with Gasteiger partial charge in [-0.15, -0.1) is 0 Å². The first-order chi connectivity index (χ1) is 11.3. The van der Waals surface area contributed by atoms with E-state index in [1.807, 2.05) is 38.1 Å². The van der Waals surface area contributed by atoms with Crippen molar-refractivity contribution in [1.29, 1.82) is 0 Å². The minimum absolute atomic E-state index is 0.0817. The molecule has 0 radical (unpaired) electrons. The molecule has 1 fully saturated rings. The number of ether oxygens (including phenoxy) is 1. The van der Waals surface area contributed by atoms with Gasteiger partial charge in [0, 0.05) is 0 Å². The summed E-state index contributed by atoms with van der Waals surface area (Å²) in [6.07, 6.45) is 3.65. The molecule has 0 saturated heterocycles. The molecule has 1 N–H and O–H groups in total. The molecule has 0 spiro atoms. The lowest BCUT2D eigenvalue weighted by Gasteiger charge is -2.12. The van der Waals surface area contributed by atoms with Crippen LogP contribution in [0.15, 0.2) is 29.4 Å². The topological polar surface area (TPSA) is 50.7 Å². The first-order valence-electron chi connectivity index (χ1n) is 8.32. The maximum atomic E-state index is 12.3. The average Bonchev–Trinajstić information content (AvgIpc) is 3.09. The zero-order chi connectivity index (χ0) is 17.8. The number of carbonyl (C=O) groups excluding carboxylic acids is 1. The summed E-state index contributed by atoms with van der Waals surface area (Å²) in [6.45, 7) is 6.81. The third kappa shape index (κ3) is 4.39. The van der Waals surface area contributed by atoms with E-state index in [1.54, 1.807) is 0 Å². The number of unbranched alkanes of at least 4 members (excludes halogenated alkanes) is 1. The number of alkyl halides is 2. The summed E-state index contributed by atoms with van der Waals surface area (Å²) in [5, 5.41) is 4.32. The van der Waals surface area contributed by atoms with Crippen molar-refractivity contribution in [2.45, 2.75) is 49.7 Å². The number of hydrazone groups is 1. The number of hydrogen-bond donors (Lipinski definition) is 1.